The number of carbonyl (C=O) groups is 1. The largest absolute Gasteiger partial charge is 0.478 e. The Bertz CT molecular complexity index is 2170. The highest BCUT2D eigenvalue weighted by Gasteiger charge is 2.25. The highest BCUT2D eigenvalue weighted by Crippen LogP contribution is 2.36. The van der Waals surface area contributed by atoms with Gasteiger partial charge in [0.25, 0.3) is 5.56 Å². The summed E-state index contributed by atoms with van der Waals surface area (Å²) >= 11 is 7.66. The lowest BCUT2D eigenvalue weighted by molar-refractivity contribution is 0.0699. The molecule has 9 nitrogen and oxygen atoms in total. The molecule has 0 aliphatic carbocycles. The summed E-state index contributed by atoms with van der Waals surface area (Å²) in [7, 11) is 0. The van der Waals surface area contributed by atoms with Gasteiger partial charge in [0.15, 0.2) is 0 Å². The van der Waals surface area contributed by atoms with E-state index < -0.39 is 12.6 Å². The summed E-state index contributed by atoms with van der Waals surface area (Å²) in [5.74, 6) is 5.70. The number of aromatic carboxylic acids is 1. The second-order valence-electron chi connectivity index (χ2n) is 11.1. The SMILES string of the molecule is Cc1cc2cnc(N3CCN(C(C)CF)CC3)c(C#N)c2c(=O)n1CC#Cc1ccc(Cl)cc1-c1ccnc2c(C(=O)O)csc12. The van der Waals surface area contributed by atoms with E-state index in [4.69, 9.17) is 11.6 Å². The number of pyridine rings is 3. The third kappa shape index (κ3) is 5.69. The molecule has 1 unspecified atom stereocenters. The molecule has 1 aliphatic rings. The van der Waals surface area contributed by atoms with E-state index in [0.717, 1.165) is 11.1 Å². The number of fused-ring (bicyclic) bond motifs is 2. The van der Waals surface area contributed by atoms with E-state index in [1.165, 1.54) is 11.3 Å². The van der Waals surface area contributed by atoms with E-state index in [9.17, 15) is 24.3 Å². The molecule has 0 spiro atoms. The number of hydrogen-bond acceptors (Lipinski definition) is 8. The zero-order chi connectivity index (χ0) is 32.5. The smallest absolute Gasteiger partial charge is 0.338 e. The van der Waals surface area contributed by atoms with Crippen molar-refractivity contribution in [3.63, 3.8) is 0 Å². The summed E-state index contributed by atoms with van der Waals surface area (Å²) in [4.78, 5) is 38.5. The predicted octanol–water partition coefficient (Wildman–Crippen LogP) is 5.74. The number of carboxylic acids is 1. The Kier molecular flexibility index (Phi) is 8.74. The standard InChI is InChI=1S/C34H28ClFN6O3S/c1-20-14-23-18-39-32(41-12-10-40(11-13-41)21(2)16-36)27(17-37)29(23)33(43)42(20)9-3-4-22-5-6-24(35)15-26(22)25-7-8-38-30-28(34(44)45)19-46-31(25)30/h5-8,14-15,18-19,21H,9-13,16H2,1-2H3,(H,44,45). The Morgan fingerprint density at radius 1 is 1.17 bits per heavy atom. The summed E-state index contributed by atoms with van der Waals surface area (Å²) in [6, 6.07) is 11.0. The van der Waals surface area contributed by atoms with Crippen LogP contribution < -0.4 is 10.5 Å². The molecule has 1 saturated heterocycles. The van der Waals surface area contributed by atoms with Crippen molar-refractivity contribution in [1.82, 2.24) is 19.4 Å². The van der Waals surface area contributed by atoms with Crippen LogP contribution in [0.1, 0.15) is 34.1 Å². The number of benzene rings is 1. The molecular formula is C34H28ClFN6O3S. The van der Waals surface area contributed by atoms with Gasteiger partial charge in [-0.3, -0.25) is 14.7 Å². The van der Waals surface area contributed by atoms with E-state index in [2.05, 4.69) is 32.8 Å². The van der Waals surface area contributed by atoms with Crippen LogP contribution in [0.3, 0.4) is 0 Å². The Labute approximate surface area is 273 Å². The minimum absolute atomic E-state index is 0.0684. The van der Waals surface area contributed by atoms with Crippen molar-refractivity contribution >= 4 is 55.7 Å². The van der Waals surface area contributed by atoms with Crippen molar-refractivity contribution in [3.05, 3.63) is 85.9 Å². The van der Waals surface area contributed by atoms with Crippen LogP contribution in [0.15, 0.2) is 52.9 Å². The Hall–Kier alpha value is -4.81. The van der Waals surface area contributed by atoms with Gasteiger partial charge in [0.05, 0.1) is 27.7 Å². The van der Waals surface area contributed by atoms with E-state index in [1.54, 1.807) is 46.6 Å². The zero-order valence-corrected chi connectivity index (χ0v) is 26.6. The maximum absolute atomic E-state index is 13.9. The number of carboxylic acid groups (broad SMARTS) is 1. The maximum Gasteiger partial charge on any atom is 0.338 e. The van der Waals surface area contributed by atoms with Gasteiger partial charge in [-0.25, -0.2) is 14.2 Å². The fraction of sp³-hybridized carbons (Fsp3) is 0.265. The summed E-state index contributed by atoms with van der Waals surface area (Å²) in [6.07, 6.45) is 3.19. The Balaban J connectivity index is 1.36. The van der Waals surface area contributed by atoms with Gasteiger partial charge in [0, 0.05) is 82.8 Å². The number of anilines is 1. The van der Waals surface area contributed by atoms with Crippen LogP contribution in [0, 0.1) is 30.1 Å². The molecule has 1 aliphatic heterocycles. The quantitative estimate of drug-likeness (QED) is 0.231. The number of halogens is 2. The van der Waals surface area contributed by atoms with E-state index >= 15 is 0 Å². The molecule has 46 heavy (non-hydrogen) atoms. The van der Waals surface area contributed by atoms with Crippen LogP contribution >= 0.6 is 22.9 Å². The zero-order valence-electron chi connectivity index (χ0n) is 25.0. The first-order chi connectivity index (χ1) is 22.2. The number of piperazine rings is 1. The van der Waals surface area contributed by atoms with Gasteiger partial charge in [-0.05, 0) is 44.2 Å². The number of nitrogens with zero attached hydrogens (tertiary/aromatic N) is 6. The van der Waals surface area contributed by atoms with Gasteiger partial charge >= 0.3 is 5.97 Å². The molecule has 1 atom stereocenters. The molecule has 0 amide bonds. The normalized spacial score (nSPS) is 14.2. The van der Waals surface area contributed by atoms with Crippen molar-refractivity contribution in [2.75, 3.05) is 37.8 Å². The molecule has 6 rings (SSSR count). The maximum atomic E-state index is 13.9. The summed E-state index contributed by atoms with van der Waals surface area (Å²) in [5.41, 5.74) is 3.21. The number of hydrogen-bond donors (Lipinski definition) is 1. The average molecular weight is 655 g/mol. The predicted molar refractivity (Wildman–Crippen MR) is 179 cm³/mol. The molecular weight excluding hydrogens is 627 g/mol. The molecule has 0 saturated carbocycles. The average Bonchev–Trinajstić information content (AvgIpc) is 3.51. The van der Waals surface area contributed by atoms with E-state index in [0.29, 0.717) is 63.9 Å². The monoisotopic (exact) mass is 654 g/mol. The van der Waals surface area contributed by atoms with Crippen LogP contribution in [0.2, 0.25) is 5.02 Å². The number of nitriles is 1. The van der Waals surface area contributed by atoms with Gasteiger partial charge in [-0.2, -0.15) is 5.26 Å². The lowest BCUT2D eigenvalue weighted by Crippen LogP contribution is -2.50. The first kappa shape index (κ1) is 31.2. The molecule has 232 valence electrons. The van der Waals surface area contributed by atoms with Gasteiger partial charge in [0.1, 0.15) is 24.1 Å². The molecule has 5 aromatic rings. The minimum atomic E-state index is -1.05. The van der Waals surface area contributed by atoms with Crippen LogP contribution in [0.4, 0.5) is 10.2 Å². The molecule has 0 bridgehead atoms. The second kappa shape index (κ2) is 12.9. The molecule has 1 fully saturated rings. The first-order valence-electron chi connectivity index (χ1n) is 14.6. The van der Waals surface area contributed by atoms with Crippen LogP contribution in [-0.2, 0) is 6.54 Å². The molecule has 1 aromatic carbocycles. The van der Waals surface area contributed by atoms with Gasteiger partial charge < -0.3 is 14.6 Å². The number of aromatic nitrogens is 3. The second-order valence-corrected chi connectivity index (χ2v) is 12.4. The first-order valence-corrected chi connectivity index (χ1v) is 15.8. The summed E-state index contributed by atoms with van der Waals surface area (Å²) in [6.45, 7) is 5.71. The molecule has 4 aromatic heterocycles. The number of alkyl halides is 1. The van der Waals surface area contributed by atoms with Crippen molar-refractivity contribution in [2.45, 2.75) is 26.4 Å². The third-order valence-electron chi connectivity index (χ3n) is 8.33. The van der Waals surface area contributed by atoms with Crippen molar-refractivity contribution in [2.24, 2.45) is 0 Å². The molecule has 0 radical (unpaired) electrons. The number of rotatable bonds is 6. The van der Waals surface area contributed by atoms with Crippen molar-refractivity contribution in [3.8, 4) is 29.0 Å². The molecule has 5 heterocycles. The van der Waals surface area contributed by atoms with E-state index in [1.807, 2.05) is 24.8 Å². The summed E-state index contributed by atoms with van der Waals surface area (Å²) < 4.78 is 15.4. The number of thiophene rings is 1. The van der Waals surface area contributed by atoms with Crippen molar-refractivity contribution < 1.29 is 14.3 Å². The lowest BCUT2D eigenvalue weighted by atomic mass is 10.00. The fourth-order valence-corrected chi connectivity index (χ4v) is 7.03. The molecule has 12 heteroatoms. The van der Waals surface area contributed by atoms with Gasteiger partial charge in [-0.1, -0.05) is 23.4 Å². The Morgan fingerprint density at radius 2 is 1.96 bits per heavy atom. The topological polar surface area (TPSA) is 115 Å². The lowest BCUT2D eigenvalue weighted by Gasteiger charge is -2.38. The van der Waals surface area contributed by atoms with Gasteiger partial charge in [-0.15, -0.1) is 11.3 Å². The minimum Gasteiger partial charge on any atom is -0.478 e. The third-order valence-corrected chi connectivity index (χ3v) is 9.56. The fourth-order valence-electron chi connectivity index (χ4n) is 5.83. The highest BCUT2D eigenvalue weighted by molar-refractivity contribution is 7.18. The Morgan fingerprint density at radius 3 is 2.67 bits per heavy atom. The van der Waals surface area contributed by atoms with Crippen LogP contribution in [0.25, 0.3) is 32.1 Å². The van der Waals surface area contributed by atoms with Crippen LogP contribution in [-0.4, -0.2) is 69.4 Å². The van der Waals surface area contributed by atoms with Crippen LogP contribution in [0.5, 0.6) is 0 Å². The molecule has 1 N–H and O–H groups in total. The van der Waals surface area contributed by atoms with Gasteiger partial charge in [0.2, 0.25) is 0 Å². The van der Waals surface area contributed by atoms with Crippen molar-refractivity contribution in [1.29, 1.82) is 5.26 Å². The summed E-state index contributed by atoms with van der Waals surface area (Å²) in [5, 5.41) is 22.7. The van der Waals surface area contributed by atoms with E-state index in [-0.39, 0.29) is 34.7 Å². The highest BCUT2D eigenvalue weighted by atomic mass is 35.5. The number of aryl methyl sites for hydroxylation is 1.